The molecule has 1 rings (SSSR count). The van der Waals surface area contributed by atoms with Crippen molar-refractivity contribution >= 4 is 5.82 Å². The quantitative estimate of drug-likeness (QED) is 0.506. The van der Waals surface area contributed by atoms with Gasteiger partial charge in [-0.05, 0) is 12.1 Å². The maximum Gasteiger partial charge on any atom is 0.123 e. The summed E-state index contributed by atoms with van der Waals surface area (Å²) in [6, 6.07) is 6.16. The third kappa shape index (κ3) is 0.892. The minimum absolute atomic E-state index is 0.541. The van der Waals surface area contributed by atoms with Gasteiger partial charge in [-0.25, -0.2) is 4.98 Å². The van der Waals surface area contributed by atoms with Gasteiger partial charge in [0, 0.05) is 12.3 Å². The van der Waals surface area contributed by atoms with Crippen LogP contribution in [0, 0.1) is 6.07 Å². The van der Waals surface area contributed by atoms with Crippen molar-refractivity contribution in [3.05, 3.63) is 24.4 Å². The van der Waals surface area contributed by atoms with E-state index in [-0.39, 0.29) is 0 Å². The van der Waals surface area contributed by atoms with E-state index in [0.717, 1.165) is 0 Å². The maximum atomic E-state index is 5.23. The molecule has 0 aliphatic rings. The van der Waals surface area contributed by atoms with E-state index >= 15 is 0 Å². The summed E-state index contributed by atoms with van der Waals surface area (Å²) in [7, 11) is 0. The Kier molecular flexibility index (Phi) is 0.941. The summed E-state index contributed by atoms with van der Waals surface area (Å²) >= 11 is 0. The molecule has 0 atom stereocenters. The standard InChI is InChI=1S/C5H5N2/c6-5-3-1-2-4-7-5/h1,3-4H,(H2,6,7). The van der Waals surface area contributed by atoms with Gasteiger partial charge in [0.15, 0.2) is 0 Å². The zero-order valence-electron chi connectivity index (χ0n) is 3.76. The predicted octanol–water partition coefficient (Wildman–Crippen LogP) is 0.464. The molecule has 2 nitrogen and oxygen atoms in total. The van der Waals surface area contributed by atoms with Crippen LogP contribution in [0.25, 0.3) is 0 Å². The molecule has 0 saturated carbocycles. The molecule has 1 heterocycles. The van der Waals surface area contributed by atoms with E-state index in [1.165, 1.54) is 6.20 Å². The Balaban J connectivity index is 3.02. The lowest BCUT2D eigenvalue weighted by Gasteiger charge is -1.82. The summed E-state index contributed by atoms with van der Waals surface area (Å²) in [5.74, 6) is 0.541. The number of nitrogen functional groups attached to an aromatic ring is 1. The molecule has 0 unspecified atom stereocenters. The number of nitrogens with zero attached hydrogens (tertiary/aromatic N) is 1. The lowest BCUT2D eigenvalue weighted by atomic mass is 10.5. The highest BCUT2D eigenvalue weighted by Gasteiger charge is 1.74. The highest BCUT2D eigenvalue weighted by molar-refractivity contribution is 5.24. The third-order valence-corrected chi connectivity index (χ3v) is 0.638. The normalized spacial score (nSPS) is 8.57. The van der Waals surface area contributed by atoms with Crippen LogP contribution >= 0.6 is 0 Å². The van der Waals surface area contributed by atoms with E-state index in [2.05, 4.69) is 11.1 Å². The van der Waals surface area contributed by atoms with Gasteiger partial charge in [0.25, 0.3) is 0 Å². The topological polar surface area (TPSA) is 38.9 Å². The maximum absolute atomic E-state index is 5.23. The van der Waals surface area contributed by atoms with Gasteiger partial charge >= 0.3 is 0 Å². The van der Waals surface area contributed by atoms with E-state index in [1.807, 2.05) is 0 Å². The van der Waals surface area contributed by atoms with Crippen molar-refractivity contribution in [3.8, 4) is 0 Å². The summed E-state index contributed by atoms with van der Waals surface area (Å²) in [5, 5.41) is 0. The van der Waals surface area contributed by atoms with Gasteiger partial charge in [-0.15, -0.1) is 0 Å². The van der Waals surface area contributed by atoms with E-state index < -0.39 is 0 Å². The molecule has 0 fully saturated rings. The molecule has 7 heavy (non-hydrogen) atoms. The molecular weight excluding hydrogens is 88.1 g/mol. The van der Waals surface area contributed by atoms with Gasteiger partial charge in [0.2, 0.25) is 0 Å². The summed E-state index contributed by atoms with van der Waals surface area (Å²) in [6.07, 6.45) is 1.54. The van der Waals surface area contributed by atoms with Gasteiger partial charge in [-0.1, -0.05) is 0 Å². The number of nitrogens with two attached hydrogens (primary N) is 1. The average Bonchev–Trinajstić information content (AvgIpc) is 1.69. The zero-order chi connectivity index (χ0) is 5.11. The Morgan fingerprint density at radius 2 is 2.57 bits per heavy atom. The molecule has 2 heteroatoms. The first-order valence-electron chi connectivity index (χ1n) is 1.97. The van der Waals surface area contributed by atoms with Gasteiger partial charge in [-0.3, -0.25) is 0 Å². The molecule has 0 aliphatic heterocycles. The lowest BCUT2D eigenvalue weighted by Crippen LogP contribution is -1.85. The summed E-state index contributed by atoms with van der Waals surface area (Å²) in [4.78, 5) is 3.70. The second-order valence-electron chi connectivity index (χ2n) is 1.18. The van der Waals surface area contributed by atoms with Crippen molar-refractivity contribution in [2.24, 2.45) is 0 Å². The minimum Gasteiger partial charge on any atom is -0.384 e. The highest BCUT2D eigenvalue weighted by atomic mass is 14.8. The van der Waals surface area contributed by atoms with Crippen LogP contribution in [0.4, 0.5) is 5.82 Å². The molecule has 1 radical (unpaired) electrons. The van der Waals surface area contributed by atoms with Crippen LogP contribution in [-0.2, 0) is 0 Å². The first-order valence-corrected chi connectivity index (χ1v) is 1.97. The molecule has 0 bridgehead atoms. The molecule has 0 amide bonds. The number of aromatic nitrogens is 1. The molecule has 0 aromatic carbocycles. The van der Waals surface area contributed by atoms with Gasteiger partial charge < -0.3 is 5.73 Å². The Bertz CT molecular complexity index is 136. The Morgan fingerprint density at radius 3 is 2.86 bits per heavy atom. The van der Waals surface area contributed by atoms with Crippen LogP contribution in [0.2, 0.25) is 0 Å². The monoisotopic (exact) mass is 93.0 g/mol. The molecule has 2 N–H and O–H groups in total. The molecule has 0 saturated heterocycles. The second kappa shape index (κ2) is 1.60. The van der Waals surface area contributed by atoms with Crippen LogP contribution in [0.5, 0.6) is 0 Å². The smallest absolute Gasteiger partial charge is 0.123 e. The van der Waals surface area contributed by atoms with Crippen LogP contribution in [-0.4, -0.2) is 4.98 Å². The van der Waals surface area contributed by atoms with Gasteiger partial charge in [0.1, 0.15) is 5.82 Å². The number of hydrogen-bond acceptors (Lipinski definition) is 2. The van der Waals surface area contributed by atoms with Crippen LogP contribution in [0.15, 0.2) is 18.3 Å². The number of pyridine rings is 1. The summed E-state index contributed by atoms with van der Waals surface area (Å²) in [6.45, 7) is 0. The SMILES string of the molecule is Nc1cc[c]cn1. The largest absolute Gasteiger partial charge is 0.384 e. The van der Waals surface area contributed by atoms with E-state index in [0.29, 0.717) is 5.82 Å². The van der Waals surface area contributed by atoms with Crippen molar-refractivity contribution in [2.45, 2.75) is 0 Å². The van der Waals surface area contributed by atoms with Crippen LogP contribution < -0.4 is 5.73 Å². The zero-order valence-corrected chi connectivity index (χ0v) is 3.76. The van der Waals surface area contributed by atoms with Crippen molar-refractivity contribution in [1.29, 1.82) is 0 Å². The Labute approximate surface area is 42.0 Å². The van der Waals surface area contributed by atoms with E-state index in [4.69, 9.17) is 5.73 Å². The van der Waals surface area contributed by atoms with Crippen LogP contribution in [0.1, 0.15) is 0 Å². The first-order chi connectivity index (χ1) is 3.39. The Morgan fingerprint density at radius 1 is 1.71 bits per heavy atom. The Hall–Kier alpha value is -1.05. The first kappa shape index (κ1) is 4.12. The fraction of sp³-hybridized carbons (Fsp3) is 0. The van der Waals surface area contributed by atoms with Crippen LogP contribution in [0.3, 0.4) is 0 Å². The van der Waals surface area contributed by atoms with E-state index in [1.54, 1.807) is 12.1 Å². The van der Waals surface area contributed by atoms with E-state index in [9.17, 15) is 0 Å². The summed E-state index contributed by atoms with van der Waals surface area (Å²) < 4.78 is 0. The van der Waals surface area contributed by atoms with Crippen molar-refractivity contribution in [2.75, 3.05) is 5.73 Å². The minimum atomic E-state index is 0.541. The molecule has 0 aliphatic carbocycles. The van der Waals surface area contributed by atoms with Crippen molar-refractivity contribution in [3.63, 3.8) is 0 Å². The molecular formula is C5H5N2. The highest BCUT2D eigenvalue weighted by Crippen LogP contribution is 1.88. The van der Waals surface area contributed by atoms with Crippen molar-refractivity contribution < 1.29 is 0 Å². The second-order valence-corrected chi connectivity index (χ2v) is 1.18. The van der Waals surface area contributed by atoms with Gasteiger partial charge in [0.05, 0.1) is 0 Å². The van der Waals surface area contributed by atoms with Crippen molar-refractivity contribution in [1.82, 2.24) is 4.98 Å². The third-order valence-electron chi connectivity index (χ3n) is 0.638. The number of hydrogen-bond donors (Lipinski definition) is 1. The predicted molar refractivity (Wildman–Crippen MR) is 27.5 cm³/mol. The number of rotatable bonds is 0. The fourth-order valence-corrected chi connectivity index (χ4v) is 0.331. The molecule has 35 valence electrons. The molecule has 0 spiro atoms. The summed E-state index contributed by atoms with van der Waals surface area (Å²) in [5.41, 5.74) is 5.23. The fourth-order valence-electron chi connectivity index (χ4n) is 0.331. The lowest BCUT2D eigenvalue weighted by molar-refractivity contribution is 1.33. The molecule has 1 aromatic heterocycles. The van der Waals surface area contributed by atoms with Gasteiger partial charge in [-0.2, -0.15) is 0 Å². The average molecular weight is 93.1 g/mol. The molecule has 1 aromatic rings. The number of anilines is 1.